The van der Waals surface area contributed by atoms with Crippen molar-refractivity contribution in [2.24, 2.45) is 5.41 Å². The number of imide groups is 1. The Morgan fingerprint density at radius 2 is 1.85 bits per heavy atom. The lowest BCUT2D eigenvalue weighted by molar-refractivity contribution is -0.238. The van der Waals surface area contributed by atoms with E-state index in [0.717, 1.165) is 0 Å². The van der Waals surface area contributed by atoms with Crippen molar-refractivity contribution in [3.63, 3.8) is 0 Å². The third-order valence-electron chi connectivity index (χ3n) is 6.30. The molecule has 0 radical (unpaired) electrons. The Hall–Kier alpha value is -1.76. The van der Waals surface area contributed by atoms with E-state index in [9.17, 15) is 14.7 Å². The fourth-order valence-corrected chi connectivity index (χ4v) is 3.97. The monoisotopic (exact) mass is 374 g/mol. The molecule has 3 rings (SSSR count). The Labute approximate surface area is 160 Å². The Morgan fingerprint density at radius 1 is 1.26 bits per heavy atom. The van der Waals surface area contributed by atoms with E-state index in [2.05, 4.69) is 5.32 Å². The average molecular weight is 374 g/mol. The van der Waals surface area contributed by atoms with Crippen LogP contribution in [0.3, 0.4) is 0 Å². The fourth-order valence-electron chi connectivity index (χ4n) is 3.97. The van der Waals surface area contributed by atoms with Crippen LogP contribution < -0.4 is 5.32 Å². The summed E-state index contributed by atoms with van der Waals surface area (Å²) in [6, 6.07) is 7.00. The van der Waals surface area contributed by atoms with Crippen molar-refractivity contribution in [1.29, 1.82) is 0 Å². The number of aliphatic hydroxyl groups is 1. The van der Waals surface area contributed by atoms with Gasteiger partial charge in [0.2, 0.25) is 0 Å². The minimum Gasteiger partial charge on any atom is -0.388 e. The first-order valence-electron chi connectivity index (χ1n) is 9.74. The van der Waals surface area contributed by atoms with Crippen LogP contribution in [0.5, 0.6) is 0 Å². The van der Waals surface area contributed by atoms with E-state index < -0.39 is 5.60 Å². The van der Waals surface area contributed by atoms with Gasteiger partial charge in [0.1, 0.15) is 0 Å². The largest absolute Gasteiger partial charge is 0.388 e. The van der Waals surface area contributed by atoms with Crippen molar-refractivity contribution in [2.45, 2.75) is 58.3 Å². The summed E-state index contributed by atoms with van der Waals surface area (Å²) in [6.45, 7) is 9.51. The molecular formula is C21H30N2O4. The van der Waals surface area contributed by atoms with Crippen molar-refractivity contribution in [1.82, 2.24) is 10.2 Å². The summed E-state index contributed by atoms with van der Waals surface area (Å²) in [5, 5.41) is 14.3. The zero-order valence-electron chi connectivity index (χ0n) is 16.6. The highest BCUT2D eigenvalue weighted by Gasteiger charge is 2.59. The van der Waals surface area contributed by atoms with Crippen molar-refractivity contribution < 1.29 is 19.4 Å². The van der Waals surface area contributed by atoms with Gasteiger partial charge in [-0.1, -0.05) is 26.0 Å². The van der Waals surface area contributed by atoms with E-state index in [1.807, 2.05) is 27.7 Å². The van der Waals surface area contributed by atoms with Gasteiger partial charge in [-0.05, 0) is 32.4 Å². The lowest BCUT2D eigenvalue weighted by Crippen LogP contribution is -2.68. The first kappa shape index (κ1) is 20.0. The number of ether oxygens (including phenoxy) is 1. The molecule has 1 saturated carbocycles. The molecule has 1 aliphatic heterocycles. The third kappa shape index (κ3) is 3.42. The number of nitrogens with one attached hydrogen (secondary N) is 1. The van der Waals surface area contributed by atoms with Gasteiger partial charge in [-0.25, -0.2) is 0 Å². The number of carbonyl (C=O) groups excluding carboxylic acids is 2. The Morgan fingerprint density at radius 3 is 2.37 bits per heavy atom. The molecule has 27 heavy (non-hydrogen) atoms. The van der Waals surface area contributed by atoms with E-state index in [1.165, 1.54) is 4.90 Å². The van der Waals surface area contributed by atoms with Crippen LogP contribution >= 0.6 is 0 Å². The molecule has 3 unspecified atom stereocenters. The number of hydrogen-bond donors (Lipinski definition) is 2. The van der Waals surface area contributed by atoms with Gasteiger partial charge in [0.15, 0.2) is 0 Å². The van der Waals surface area contributed by atoms with E-state index in [1.54, 1.807) is 24.3 Å². The maximum absolute atomic E-state index is 12.4. The first-order valence-corrected chi connectivity index (χ1v) is 9.74. The first-order chi connectivity index (χ1) is 12.7. The molecule has 1 heterocycles. The smallest absolute Gasteiger partial charge is 0.261 e. The van der Waals surface area contributed by atoms with Gasteiger partial charge in [-0.15, -0.1) is 0 Å². The van der Waals surface area contributed by atoms with E-state index in [4.69, 9.17) is 4.74 Å². The molecule has 3 atom stereocenters. The molecule has 0 saturated heterocycles. The molecule has 1 aromatic rings. The Kier molecular flexibility index (Phi) is 5.43. The number of benzene rings is 1. The highest BCUT2D eigenvalue weighted by molar-refractivity contribution is 6.21. The van der Waals surface area contributed by atoms with Crippen LogP contribution in [0.15, 0.2) is 24.3 Å². The van der Waals surface area contributed by atoms with Crippen LogP contribution in [0.25, 0.3) is 0 Å². The second kappa shape index (κ2) is 7.34. The number of carbonyl (C=O) groups is 2. The second-order valence-corrected chi connectivity index (χ2v) is 8.28. The summed E-state index contributed by atoms with van der Waals surface area (Å²) in [7, 11) is 0. The fraction of sp³-hybridized carbons (Fsp3) is 0.619. The molecule has 2 N–H and O–H groups in total. The molecule has 1 fully saturated rings. The van der Waals surface area contributed by atoms with Gasteiger partial charge in [0.05, 0.1) is 22.8 Å². The minimum absolute atomic E-state index is 0.0697. The molecule has 2 aliphatic rings. The van der Waals surface area contributed by atoms with Gasteiger partial charge in [0.25, 0.3) is 11.8 Å². The van der Waals surface area contributed by atoms with E-state index >= 15 is 0 Å². The normalized spacial score (nSPS) is 27.4. The van der Waals surface area contributed by atoms with Crippen LogP contribution in [0.2, 0.25) is 0 Å². The maximum atomic E-state index is 12.4. The topological polar surface area (TPSA) is 78.9 Å². The van der Waals surface area contributed by atoms with Gasteiger partial charge in [-0.2, -0.15) is 0 Å². The molecule has 148 valence electrons. The molecule has 0 bridgehead atoms. The van der Waals surface area contributed by atoms with Crippen LogP contribution in [0.1, 0.15) is 61.3 Å². The number of rotatable bonds is 8. The highest BCUT2D eigenvalue weighted by Crippen LogP contribution is 2.50. The molecule has 0 aromatic heterocycles. The molecule has 6 nitrogen and oxygen atoms in total. The van der Waals surface area contributed by atoms with Gasteiger partial charge < -0.3 is 15.2 Å². The van der Waals surface area contributed by atoms with Crippen molar-refractivity contribution in [2.75, 3.05) is 19.7 Å². The number of fused-ring (bicyclic) bond motifs is 1. The molecule has 2 amide bonds. The number of amides is 2. The summed E-state index contributed by atoms with van der Waals surface area (Å²) in [5.74, 6) is -0.442. The van der Waals surface area contributed by atoms with Crippen LogP contribution in [0, 0.1) is 5.41 Å². The predicted octanol–water partition coefficient (Wildman–Crippen LogP) is 2.22. The lowest BCUT2D eigenvalue weighted by atomic mass is 9.56. The standard InChI is InChI=1S/C21H30N2O4/c1-5-27-17-12-21(26,20(17,3)4)13-22-14(2)10-11-23-18(24)15-8-6-7-9-16(15)19(23)25/h6-9,14,17,22,26H,5,10-13H2,1-4H3. The summed E-state index contributed by atoms with van der Waals surface area (Å²) in [6.07, 6.45) is 1.32. The zero-order valence-corrected chi connectivity index (χ0v) is 16.6. The molecule has 6 heteroatoms. The molecular weight excluding hydrogens is 344 g/mol. The Balaban J connectivity index is 1.49. The van der Waals surface area contributed by atoms with Crippen LogP contribution in [-0.2, 0) is 4.74 Å². The van der Waals surface area contributed by atoms with Crippen molar-refractivity contribution in [3.05, 3.63) is 35.4 Å². The summed E-state index contributed by atoms with van der Waals surface area (Å²) < 4.78 is 5.70. The van der Waals surface area contributed by atoms with E-state index in [0.29, 0.717) is 43.7 Å². The summed E-state index contributed by atoms with van der Waals surface area (Å²) in [4.78, 5) is 26.1. The molecule has 1 aromatic carbocycles. The molecule has 0 spiro atoms. The highest BCUT2D eigenvalue weighted by atomic mass is 16.5. The van der Waals surface area contributed by atoms with Gasteiger partial charge >= 0.3 is 0 Å². The van der Waals surface area contributed by atoms with Crippen molar-refractivity contribution in [3.8, 4) is 0 Å². The quantitative estimate of drug-likeness (QED) is 0.682. The number of hydrogen-bond acceptors (Lipinski definition) is 5. The third-order valence-corrected chi connectivity index (χ3v) is 6.30. The SMILES string of the molecule is CCOC1CC(O)(CNC(C)CCN2C(=O)c3ccccc3C2=O)C1(C)C. The average Bonchev–Trinajstić information content (AvgIpc) is 2.89. The lowest BCUT2D eigenvalue weighted by Gasteiger charge is -2.58. The van der Waals surface area contributed by atoms with Crippen molar-refractivity contribution >= 4 is 11.8 Å². The zero-order chi connectivity index (χ0) is 19.8. The summed E-state index contributed by atoms with van der Waals surface area (Å²) >= 11 is 0. The van der Waals surface area contributed by atoms with Gasteiger partial charge in [-0.3, -0.25) is 14.5 Å². The van der Waals surface area contributed by atoms with Crippen LogP contribution in [-0.4, -0.2) is 59.3 Å². The van der Waals surface area contributed by atoms with Gasteiger partial charge in [0, 0.05) is 37.6 Å². The summed E-state index contributed by atoms with van der Waals surface area (Å²) in [5.41, 5.74) is -0.152. The predicted molar refractivity (Wildman–Crippen MR) is 103 cm³/mol. The number of nitrogens with zero attached hydrogens (tertiary/aromatic N) is 1. The Bertz CT molecular complexity index is 698. The van der Waals surface area contributed by atoms with E-state index in [-0.39, 0.29) is 29.4 Å². The van der Waals surface area contributed by atoms with Crippen LogP contribution in [0.4, 0.5) is 0 Å². The molecule has 1 aliphatic carbocycles. The maximum Gasteiger partial charge on any atom is 0.261 e. The minimum atomic E-state index is -0.809. The second-order valence-electron chi connectivity index (χ2n) is 8.28.